The van der Waals surface area contributed by atoms with Gasteiger partial charge in [0.15, 0.2) is 23.3 Å². The first-order valence-corrected chi connectivity index (χ1v) is 14.4. The topological polar surface area (TPSA) is 176 Å². The molecule has 3 N–H and O–H groups in total. The van der Waals surface area contributed by atoms with Crippen LogP contribution in [0.25, 0.3) is 22.8 Å². The molecule has 3 aromatic heterocycles. The molecule has 0 saturated carbocycles. The third-order valence-electron chi connectivity index (χ3n) is 7.49. The Labute approximate surface area is 251 Å². The van der Waals surface area contributed by atoms with Crippen LogP contribution in [0.3, 0.4) is 0 Å². The van der Waals surface area contributed by atoms with Crippen LogP contribution in [0, 0.1) is 17.5 Å². The quantitative estimate of drug-likeness (QED) is 0.232. The SMILES string of the molecule is COC1C(SC2COCC(n3cc(-c4ncccn4)nn3)C2O)OC(CO)C(O)C1n1cc(-c2cc(F)c(F)c(F)c2)nn1. The Morgan fingerprint density at radius 3 is 2.36 bits per heavy atom. The third kappa shape index (κ3) is 5.81. The number of thioether (sulfide) groups is 1. The van der Waals surface area contributed by atoms with Crippen molar-refractivity contribution in [3.05, 3.63) is 60.4 Å². The molecular formula is C26H27F3N8O6S. The molecule has 18 heteroatoms. The second kappa shape index (κ2) is 12.8. The lowest BCUT2D eigenvalue weighted by Crippen LogP contribution is -2.56. The summed E-state index contributed by atoms with van der Waals surface area (Å²) in [5.41, 5.74) is -0.502. The summed E-state index contributed by atoms with van der Waals surface area (Å²) in [4.78, 5) is 8.33. The maximum absolute atomic E-state index is 13.9. The molecule has 0 amide bonds. The molecule has 0 bridgehead atoms. The van der Waals surface area contributed by atoms with E-state index in [-0.39, 0.29) is 24.5 Å². The van der Waals surface area contributed by atoms with Crippen LogP contribution in [0.2, 0.25) is 0 Å². The number of aliphatic hydroxyl groups is 3. The van der Waals surface area contributed by atoms with Crippen LogP contribution in [0.5, 0.6) is 0 Å². The lowest BCUT2D eigenvalue weighted by Gasteiger charge is -2.45. The Morgan fingerprint density at radius 2 is 1.66 bits per heavy atom. The van der Waals surface area contributed by atoms with Crippen molar-refractivity contribution >= 4 is 11.8 Å². The Morgan fingerprint density at radius 1 is 0.977 bits per heavy atom. The first-order chi connectivity index (χ1) is 21.3. The summed E-state index contributed by atoms with van der Waals surface area (Å²) in [5, 5.41) is 48.2. The molecule has 0 aliphatic carbocycles. The van der Waals surface area contributed by atoms with Gasteiger partial charge in [-0.1, -0.05) is 10.4 Å². The van der Waals surface area contributed by atoms with E-state index in [0.29, 0.717) is 11.5 Å². The molecule has 6 rings (SSSR count). The molecule has 2 saturated heterocycles. The number of rotatable bonds is 8. The fraction of sp³-hybridized carbons (Fsp3) is 0.462. The van der Waals surface area contributed by atoms with Gasteiger partial charge in [-0.05, 0) is 18.2 Å². The van der Waals surface area contributed by atoms with Crippen molar-refractivity contribution in [1.29, 1.82) is 0 Å². The first-order valence-electron chi connectivity index (χ1n) is 13.4. The summed E-state index contributed by atoms with van der Waals surface area (Å²) in [6, 6.07) is 1.64. The number of nitrogens with zero attached hydrogens (tertiary/aromatic N) is 8. The number of benzene rings is 1. The van der Waals surface area contributed by atoms with Gasteiger partial charge < -0.3 is 29.5 Å². The number of halogens is 3. The van der Waals surface area contributed by atoms with Crippen LogP contribution in [0.1, 0.15) is 12.1 Å². The Kier molecular flexibility index (Phi) is 8.90. The molecule has 0 spiro atoms. The zero-order valence-corrected chi connectivity index (χ0v) is 23.8. The highest BCUT2D eigenvalue weighted by molar-refractivity contribution is 8.00. The maximum Gasteiger partial charge on any atom is 0.194 e. The summed E-state index contributed by atoms with van der Waals surface area (Å²) in [6.45, 7) is -0.256. The first kappa shape index (κ1) is 30.5. The minimum Gasteiger partial charge on any atom is -0.394 e. The van der Waals surface area contributed by atoms with Crippen LogP contribution in [0.4, 0.5) is 13.2 Å². The average Bonchev–Trinajstić information content (AvgIpc) is 3.72. The highest BCUT2D eigenvalue weighted by atomic mass is 32.2. The number of aliphatic hydroxyl groups excluding tert-OH is 3. The van der Waals surface area contributed by atoms with E-state index in [2.05, 4.69) is 30.6 Å². The van der Waals surface area contributed by atoms with Crippen molar-refractivity contribution in [2.45, 2.75) is 47.2 Å². The van der Waals surface area contributed by atoms with E-state index in [0.717, 1.165) is 12.1 Å². The van der Waals surface area contributed by atoms with Crippen LogP contribution in [-0.2, 0) is 14.2 Å². The summed E-state index contributed by atoms with van der Waals surface area (Å²) in [5.74, 6) is -4.03. The van der Waals surface area contributed by atoms with Gasteiger partial charge in [0.25, 0.3) is 0 Å². The molecule has 234 valence electrons. The second-order valence-electron chi connectivity index (χ2n) is 10.2. The van der Waals surface area contributed by atoms with Gasteiger partial charge >= 0.3 is 0 Å². The van der Waals surface area contributed by atoms with Gasteiger partial charge in [0, 0.05) is 25.1 Å². The number of ether oxygens (including phenoxy) is 3. The van der Waals surface area contributed by atoms with Crippen LogP contribution in [0.15, 0.2) is 43.0 Å². The summed E-state index contributed by atoms with van der Waals surface area (Å²) < 4.78 is 61.5. The lowest BCUT2D eigenvalue weighted by molar-refractivity contribution is -0.186. The standard InChI is InChI=1S/C26H27F3N8O6S/c1-41-24-21(37-7-15(32-35-37)12-5-13(27)20(29)14(28)6-12)23(40)18(9-38)43-26(24)44-19-11-42-10-17(22(19)39)36-8-16(33-34-36)25-30-3-2-4-31-25/h2-8,17-19,21-24,26,38-40H,9-11H2,1H3. The summed E-state index contributed by atoms with van der Waals surface area (Å²) in [7, 11) is 1.39. The number of hydrogen-bond acceptors (Lipinski definition) is 13. The van der Waals surface area contributed by atoms with Crippen molar-refractivity contribution in [2.24, 2.45) is 0 Å². The van der Waals surface area contributed by atoms with Gasteiger partial charge in [0.2, 0.25) is 0 Å². The second-order valence-corrected chi connectivity index (χ2v) is 11.5. The highest BCUT2D eigenvalue weighted by Gasteiger charge is 2.49. The van der Waals surface area contributed by atoms with Crippen LogP contribution < -0.4 is 0 Å². The van der Waals surface area contributed by atoms with Crippen LogP contribution in [-0.4, -0.2) is 117 Å². The van der Waals surface area contributed by atoms with E-state index in [1.54, 1.807) is 24.7 Å². The van der Waals surface area contributed by atoms with Crippen LogP contribution >= 0.6 is 11.8 Å². The van der Waals surface area contributed by atoms with E-state index < -0.39 is 71.2 Å². The molecule has 0 radical (unpaired) electrons. The van der Waals surface area contributed by atoms with Gasteiger partial charge in [-0.2, -0.15) is 0 Å². The zero-order chi connectivity index (χ0) is 31.0. The smallest absolute Gasteiger partial charge is 0.194 e. The predicted octanol–water partition coefficient (Wildman–Crippen LogP) is 0.779. The maximum atomic E-state index is 13.9. The molecule has 5 heterocycles. The van der Waals surface area contributed by atoms with Gasteiger partial charge in [0.1, 0.15) is 47.2 Å². The molecule has 4 aromatic rings. The van der Waals surface area contributed by atoms with Gasteiger partial charge in [-0.3, -0.25) is 0 Å². The molecule has 2 aliphatic heterocycles. The summed E-state index contributed by atoms with van der Waals surface area (Å²) >= 11 is 1.18. The highest BCUT2D eigenvalue weighted by Crippen LogP contribution is 2.41. The van der Waals surface area contributed by atoms with E-state index in [1.807, 2.05) is 0 Å². The van der Waals surface area contributed by atoms with Crippen molar-refractivity contribution in [2.75, 3.05) is 26.9 Å². The number of hydrogen-bond donors (Lipinski definition) is 3. The molecule has 2 fully saturated rings. The monoisotopic (exact) mass is 636 g/mol. The van der Waals surface area contributed by atoms with E-state index in [4.69, 9.17) is 14.2 Å². The van der Waals surface area contributed by atoms with E-state index in [1.165, 1.54) is 34.4 Å². The molecule has 8 unspecified atom stereocenters. The van der Waals surface area contributed by atoms with Gasteiger partial charge in [-0.15, -0.1) is 22.0 Å². The fourth-order valence-corrected chi connectivity index (χ4v) is 6.72. The average molecular weight is 637 g/mol. The number of methoxy groups -OCH3 is 1. The molecule has 8 atom stereocenters. The minimum absolute atomic E-state index is 0.00754. The Hall–Kier alpha value is -3.52. The van der Waals surface area contributed by atoms with E-state index in [9.17, 15) is 28.5 Å². The fourth-order valence-electron chi connectivity index (χ4n) is 5.23. The van der Waals surface area contributed by atoms with Gasteiger partial charge in [-0.25, -0.2) is 32.5 Å². The normalized spacial score (nSPS) is 29.2. The Balaban J connectivity index is 1.23. The minimum atomic E-state index is -1.61. The molecule has 2 aliphatic rings. The summed E-state index contributed by atoms with van der Waals surface area (Å²) in [6.07, 6.45) is 1.77. The van der Waals surface area contributed by atoms with Gasteiger partial charge in [0.05, 0.1) is 43.6 Å². The van der Waals surface area contributed by atoms with Crippen molar-refractivity contribution in [1.82, 2.24) is 40.0 Å². The number of aromatic nitrogens is 8. The zero-order valence-electron chi connectivity index (χ0n) is 23.0. The van der Waals surface area contributed by atoms with E-state index >= 15 is 0 Å². The molecular weight excluding hydrogens is 609 g/mol. The van der Waals surface area contributed by atoms with Crippen molar-refractivity contribution in [3.8, 4) is 22.8 Å². The molecule has 14 nitrogen and oxygen atoms in total. The predicted molar refractivity (Wildman–Crippen MR) is 145 cm³/mol. The largest absolute Gasteiger partial charge is 0.394 e. The Bertz CT molecular complexity index is 1560. The lowest BCUT2D eigenvalue weighted by atomic mass is 9.97. The van der Waals surface area contributed by atoms with Crippen molar-refractivity contribution in [3.63, 3.8) is 0 Å². The molecule has 1 aromatic carbocycles. The molecule has 44 heavy (non-hydrogen) atoms. The third-order valence-corrected chi connectivity index (χ3v) is 8.90. The van der Waals surface area contributed by atoms with Crippen molar-refractivity contribution < 1.29 is 42.7 Å².